The van der Waals surface area contributed by atoms with Crippen LogP contribution in [0.15, 0.2) is 23.1 Å². The summed E-state index contributed by atoms with van der Waals surface area (Å²) in [5, 5.41) is 16.6. The molecule has 0 bridgehead atoms. The van der Waals surface area contributed by atoms with Crippen LogP contribution in [0.5, 0.6) is 0 Å². The molecule has 0 saturated carbocycles. The van der Waals surface area contributed by atoms with E-state index in [-0.39, 0.29) is 16.6 Å². The molecule has 0 aliphatic carbocycles. The lowest BCUT2D eigenvalue weighted by atomic mass is 10.2. The Bertz CT molecular complexity index is 396. The molecule has 1 rings (SSSR count). The van der Waals surface area contributed by atoms with Gasteiger partial charge in [-0.25, -0.2) is 4.39 Å². The van der Waals surface area contributed by atoms with Gasteiger partial charge in [0.25, 0.3) is 0 Å². The van der Waals surface area contributed by atoms with Crippen LogP contribution in [0.2, 0.25) is 0 Å². The van der Waals surface area contributed by atoms with Crippen LogP contribution < -0.4 is 5.73 Å². The van der Waals surface area contributed by atoms with Crippen molar-refractivity contribution >= 4 is 17.6 Å². The fraction of sp³-hybridized carbons (Fsp3) is 0.364. The molecule has 0 aromatic heterocycles. The van der Waals surface area contributed by atoms with E-state index in [4.69, 9.17) is 11.1 Å². The molecule has 0 aliphatic heterocycles. The van der Waals surface area contributed by atoms with Crippen LogP contribution in [0.3, 0.4) is 0 Å². The number of rotatable bonds is 4. The summed E-state index contributed by atoms with van der Waals surface area (Å²) < 4.78 is 13.5. The van der Waals surface area contributed by atoms with Gasteiger partial charge in [-0.2, -0.15) is 0 Å². The minimum absolute atomic E-state index is 0.0834. The molecule has 0 amide bonds. The number of hydrogen-bond donors (Lipinski definition) is 3. The van der Waals surface area contributed by atoms with Crippen LogP contribution in [-0.4, -0.2) is 22.3 Å². The number of thioether (sulfide) groups is 1. The third-order valence-electron chi connectivity index (χ3n) is 2.24. The van der Waals surface area contributed by atoms with Gasteiger partial charge < -0.3 is 10.8 Å². The first kappa shape index (κ1) is 13.0. The number of aliphatic hydroxyl groups is 1. The fourth-order valence-corrected chi connectivity index (χ4v) is 2.24. The van der Waals surface area contributed by atoms with Gasteiger partial charge in [-0.3, -0.25) is 5.41 Å². The standard InChI is InChI=1S/C11H15FN2OS/c1-6(15)7(2)16-9-5-3-4-8(12)10(9)11(13)14/h3-7,15H,1-2H3,(H3,13,14). The van der Waals surface area contributed by atoms with Crippen LogP contribution in [0, 0.1) is 11.2 Å². The Morgan fingerprint density at radius 2 is 2.12 bits per heavy atom. The highest BCUT2D eigenvalue weighted by Gasteiger charge is 2.16. The topological polar surface area (TPSA) is 70.1 Å². The summed E-state index contributed by atoms with van der Waals surface area (Å²) in [4.78, 5) is 0.584. The lowest BCUT2D eigenvalue weighted by Crippen LogP contribution is -2.18. The van der Waals surface area contributed by atoms with Gasteiger partial charge in [0.15, 0.2) is 0 Å². The molecular formula is C11H15FN2OS. The van der Waals surface area contributed by atoms with E-state index < -0.39 is 11.9 Å². The van der Waals surface area contributed by atoms with Crippen molar-refractivity contribution < 1.29 is 9.50 Å². The maximum atomic E-state index is 13.5. The van der Waals surface area contributed by atoms with Crippen molar-refractivity contribution in [1.82, 2.24) is 0 Å². The van der Waals surface area contributed by atoms with Gasteiger partial charge in [0.1, 0.15) is 11.7 Å². The van der Waals surface area contributed by atoms with Gasteiger partial charge in [-0.05, 0) is 19.1 Å². The van der Waals surface area contributed by atoms with Gasteiger partial charge in [0, 0.05) is 10.1 Å². The lowest BCUT2D eigenvalue weighted by Gasteiger charge is -2.16. The SMILES string of the molecule is CC(O)C(C)Sc1cccc(F)c1C(=N)N. The number of benzene rings is 1. The molecule has 3 nitrogen and oxygen atoms in total. The Kier molecular flexibility index (Phi) is 4.32. The number of halogens is 1. The number of nitrogen functional groups attached to an aromatic ring is 1. The summed E-state index contributed by atoms with van der Waals surface area (Å²) >= 11 is 1.31. The molecule has 0 fully saturated rings. The molecule has 4 N–H and O–H groups in total. The molecule has 2 atom stereocenters. The first-order chi connectivity index (χ1) is 7.43. The summed E-state index contributed by atoms with van der Waals surface area (Å²) in [5.74, 6) is -0.798. The summed E-state index contributed by atoms with van der Waals surface area (Å²) in [6.45, 7) is 3.51. The third-order valence-corrected chi connectivity index (χ3v) is 3.60. The van der Waals surface area contributed by atoms with Crippen molar-refractivity contribution in [2.24, 2.45) is 5.73 Å². The molecule has 1 aromatic rings. The average molecular weight is 242 g/mol. The van der Waals surface area contributed by atoms with E-state index in [0.717, 1.165) is 0 Å². The quantitative estimate of drug-likeness (QED) is 0.429. The first-order valence-corrected chi connectivity index (χ1v) is 5.79. The van der Waals surface area contributed by atoms with Gasteiger partial charge >= 0.3 is 0 Å². The van der Waals surface area contributed by atoms with Crippen molar-refractivity contribution in [3.63, 3.8) is 0 Å². The molecular weight excluding hydrogens is 227 g/mol. The Morgan fingerprint density at radius 3 is 2.62 bits per heavy atom. The summed E-state index contributed by atoms with van der Waals surface area (Å²) in [5.41, 5.74) is 5.45. The van der Waals surface area contributed by atoms with E-state index in [1.165, 1.54) is 17.8 Å². The molecule has 2 unspecified atom stereocenters. The predicted molar refractivity (Wildman–Crippen MR) is 64.4 cm³/mol. The van der Waals surface area contributed by atoms with Gasteiger partial charge in [-0.1, -0.05) is 13.0 Å². The van der Waals surface area contributed by atoms with Crippen LogP contribution in [0.1, 0.15) is 19.4 Å². The monoisotopic (exact) mass is 242 g/mol. The zero-order valence-electron chi connectivity index (χ0n) is 9.20. The van der Waals surface area contributed by atoms with Gasteiger partial charge in [-0.15, -0.1) is 11.8 Å². The third kappa shape index (κ3) is 2.96. The van der Waals surface area contributed by atoms with Crippen molar-refractivity contribution in [2.45, 2.75) is 30.1 Å². The number of aliphatic hydroxyl groups excluding tert-OH is 1. The Morgan fingerprint density at radius 1 is 1.50 bits per heavy atom. The minimum Gasteiger partial charge on any atom is -0.392 e. The van der Waals surface area contributed by atoms with Crippen molar-refractivity contribution in [1.29, 1.82) is 5.41 Å². The fourth-order valence-electron chi connectivity index (χ4n) is 1.16. The number of nitrogens with two attached hydrogens (primary N) is 1. The first-order valence-electron chi connectivity index (χ1n) is 4.91. The van der Waals surface area contributed by atoms with E-state index in [1.54, 1.807) is 19.1 Å². The molecule has 16 heavy (non-hydrogen) atoms. The van der Waals surface area contributed by atoms with E-state index in [1.807, 2.05) is 6.92 Å². The average Bonchev–Trinajstić information content (AvgIpc) is 2.16. The van der Waals surface area contributed by atoms with Crippen LogP contribution in [-0.2, 0) is 0 Å². The molecule has 88 valence electrons. The van der Waals surface area contributed by atoms with E-state index in [9.17, 15) is 9.50 Å². The van der Waals surface area contributed by atoms with E-state index in [2.05, 4.69) is 0 Å². The Balaban J connectivity index is 3.04. The summed E-state index contributed by atoms with van der Waals surface area (Å²) in [6.07, 6.45) is -0.506. The zero-order chi connectivity index (χ0) is 12.3. The molecule has 0 spiro atoms. The van der Waals surface area contributed by atoms with E-state index >= 15 is 0 Å². The van der Waals surface area contributed by atoms with Crippen molar-refractivity contribution in [2.75, 3.05) is 0 Å². The highest BCUT2D eigenvalue weighted by Crippen LogP contribution is 2.29. The zero-order valence-corrected chi connectivity index (χ0v) is 10.0. The number of nitrogens with one attached hydrogen (secondary N) is 1. The Labute approximate surface area is 98.4 Å². The molecule has 1 aromatic carbocycles. The highest BCUT2D eigenvalue weighted by atomic mass is 32.2. The predicted octanol–water partition coefficient (Wildman–Crippen LogP) is 1.97. The molecule has 0 aliphatic rings. The Hall–Kier alpha value is -1.07. The molecule has 0 heterocycles. The van der Waals surface area contributed by atoms with E-state index in [0.29, 0.717) is 4.90 Å². The van der Waals surface area contributed by atoms with Gasteiger partial charge in [0.2, 0.25) is 0 Å². The maximum Gasteiger partial charge on any atom is 0.135 e. The second-order valence-electron chi connectivity index (χ2n) is 3.59. The molecule has 5 heteroatoms. The summed E-state index contributed by atoms with van der Waals surface area (Å²) in [7, 11) is 0. The maximum absolute atomic E-state index is 13.5. The van der Waals surface area contributed by atoms with Gasteiger partial charge in [0.05, 0.1) is 11.7 Å². The lowest BCUT2D eigenvalue weighted by molar-refractivity contribution is 0.196. The summed E-state index contributed by atoms with van der Waals surface area (Å²) in [6, 6.07) is 4.54. The van der Waals surface area contributed by atoms with Crippen LogP contribution >= 0.6 is 11.8 Å². The van der Waals surface area contributed by atoms with Crippen molar-refractivity contribution in [3.05, 3.63) is 29.6 Å². The van der Waals surface area contributed by atoms with Crippen LogP contribution in [0.25, 0.3) is 0 Å². The normalized spacial score (nSPS) is 14.5. The largest absolute Gasteiger partial charge is 0.392 e. The second kappa shape index (κ2) is 5.32. The van der Waals surface area contributed by atoms with Crippen LogP contribution in [0.4, 0.5) is 4.39 Å². The minimum atomic E-state index is -0.506. The second-order valence-corrected chi connectivity index (χ2v) is 5.01. The van der Waals surface area contributed by atoms with Crippen molar-refractivity contribution in [3.8, 4) is 0 Å². The molecule has 0 radical (unpaired) electrons. The molecule has 0 saturated heterocycles. The highest BCUT2D eigenvalue weighted by molar-refractivity contribution is 8.00. The number of hydrogen-bond acceptors (Lipinski definition) is 3. The number of amidine groups is 1. The smallest absolute Gasteiger partial charge is 0.135 e.